The largest absolute Gasteiger partial charge is 0.461 e. The molecular weight excluding hydrogens is 1100 g/mol. The Morgan fingerprint density at radius 3 is 2.50 bits per heavy atom. The SMILES string of the molecule is C=C(COC(=O)NC)C(=O)N1CCN(c2nc(OCC34CCCN3CCC4)nc3c(F)c(-c4ccc(F)c5sc(N)c(C#N)c45)c(Cl)cc23)[C@@H](C)C1.CCC1C(=O)OCc2c1cc1n(c2=O)Cc2c-1nc1cc(F)c(C)c3c1c2CCC3. The Balaban J connectivity index is 0.000000186. The topological polar surface area (TPSA) is 211 Å². The monoisotopic (exact) mass is 1150 g/mol. The first-order chi connectivity index (χ1) is 39.4. The predicted octanol–water partition coefficient (Wildman–Crippen LogP) is 9.77. The molecule has 13 rings (SSSR count). The molecule has 1 unspecified atom stereocenters. The second-order valence-corrected chi connectivity index (χ2v) is 23.5. The molecule has 22 heteroatoms. The quantitative estimate of drug-likeness (QED) is 0.102. The van der Waals surface area contributed by atoms with Gasteiger partial charge in [-0.05, 0) is 124 Å². The Bertz CT molecular complexity index is 4020. The first kappa shape index (κ1) is 54.8. The average molecular weight is 1160 g/mol. The Morgan fingerprint density at radius 1 is 1.00 bits per heavy atom. The molecule has 9 heterocycles. The molecule has 3 saturated heterocycles. The third-order valence-electron chi connectivity index (χ3n) is 17.5. The van der Waals surface area contributed by atoms with Crippen LogP contribution in [0.5, 0.6) is 6.01 Å². The van der Waals surface area contributed by atoms with Crippen molar-refractivity contribution in [2.45, 2.75) is 103 Å². The van der Waals surface area contributed by atoms with Crippen LogP contribution in [0.2, 0.25) is 5.02 Å². The highest BCUT2D eigenvalue weighted by atomic mass is 35.5. The van der Waals surface area contributed by atoms with Crippen molar-refractivity contribution in [1.29, 1.82) is 5.26 Å². The van der Waals surface area contributed by atoms with Crippen molar-refractivity contribution in [1.82, 2.24) is 34.6 Å². The van der Waals surface area contributed by atoms with Crippen molar-refractivity contribution in [3.05, 3.63) is 114 Å². The molecule has 0 bridgehead atoms. The number of aromatic nitrogens is 4. The summed E-state index contributed by atoms with van der Waals surface area (Å²) in [4.78, 5) is 70.6. The number of hydrogen-bond donors (Lipinski definition) is 2. The first-order valence-electron chi connectivity index (χ1n) is 27.6. The molecule has 0 spiro atoms. The van der Waals surface area contributed by atoms with Gasteiger partial charge in [-0.15, -0.1) is 11.3 Å². The maximum atomic E-state index is 17.1. The molecule has 424 valence electrons. The van der Waals surface area contributed by atoms with E-state index in [1.807, 2.05) is 37.8 Å². The number of cyclic esters (lactones) is 1. The number of amides is 2. The highest BCUT2D eigenvalue weighted by Gasteiger charge is 2.45. The number of thiophene rings is 1. The number of nitrogens with zero attached hydrogens (tertiary/aromatic N) is 8. The van der Waals surface area contributed by atoms with Gasteiger partial charge in [0.25, 0.3) is 11.5 Å². The Labute approximate surface area is 478 Å². The Morgan fingerprint density at radius 2 is 1.77 bits per heavy atom. The van der Waals surface area contributed by atoms with Gasteiger partial charge in [0.2, 0.25) is 0 Å². The second kappa shape index (κ2) is 21.2. The average Bonchev–Trinajstić information content (AvgIpc) is 3.58. The zero-order chi connectivity index (χ0) is 57.6. The van der Waals surface area contributed by atoms with Crippen molar-refractivity contribution in [2.24, 2.45) is 0 Å². The molecule has 3 aromatic carbocycles. The van der Waals surface area contributed by atoms with E-state index in [0.717, 1.165) is 103 Å². The molecule has 2 atom stereocenters. The summed E-state index contributed by atoms with van der Waals surface area (Å²) < 4.78 is 65.1. The molecular formula is C60H58ClF3N10O7S. The van der Waals surface area contributed by atoms with Gasteiger partial charge >= 0.3 is 18.1 Å². The summed E-state index contributed by atoms with van der Waals surface area (Å²) in [7, 11) is 1.42. The standard InChI is InChI=1S/C36H37ClF2N8O4S.C24H21FN2O3/c1-19(17-50-35(49)42-3)33(48)45-12-13-47(20(2)16-45)32-22-14-24(37)27(21-6-7-25(38)30-26(21)23(15-40)31(41)52-30)28(39)29(22)43-34(44-32)51-18-36-8-4-10-46(36)11-5-9-36;1-3-12-15-7-20-22-16(9-27(20)23(28)17(15)10-30-24(12)29)14-6-4-5-13-11(2)18(25)8-19(26-22)21(13)14/h6-7,14,20H,1,4-5,8-13,16-18,41H2,2-3H3,(H,42,49);7-8,12H,3-6,9-10H2,1-2H3/t20-;/m0./s1. The van der Waals surface area contributed by atoms with Crippen LogP contribution in [0.3, 0.4) is 0 Å². The number of halogens is 4. The molecule has 3 fully saturated rings. The van der Waals surface area contributed by atoms with Crippen LogP contribution in [0, 0.1) is 35.7 Å². The minimum absolute atomic E-state index is 0.00465. The predicted molar refractivity (Wildman–Crippen MR) is 306 cm³/mol. The van der Waals surface area contributed by atoms with Gasteiger partial charge < -0.3 is 39.6 Å². The second-order valence-electron chi connectivity index (χ2n) is 22.0. The molecule has 4 aromatic heterocycles. The fraction of sp³-hybridized carbons (Fsp3) is 0.400. The first-order valence-corrected chi connectivity index (χ1v) is 28.8. The van der Waals surface area contributed by atoms with Crippen LogP contribution in [0.1, 0.15) is 97.2 Å². The number of alkyl carbamates (subject to hydrolysis) is 1. The van der Waals surface area contributed by atoms with Crippen LogP contribution in [0.25, 0.3) is 54.4 Å². The summed E-state index contributed by atoms with van der Waals surface area (Å²) in [6.45, 7) is 12.9. The molecule has 5 aliphatic heterocycles. The van der Waals surface area contributed by atoms with Crippen LogP contribution in [0.4, 0.5) is 28.8 Å². The number of aryl methyl sites for hydroxylation is 2. The van der Waals surface area contributed by atoms with Gasteiger partial charge in [0.1, 0.15) is 53.9 Å². The van der Waals surface area contributed by atoms with E-state index in [4.69, 9.17) is 41.5 Å². The summed E-state index contributed by atoms with van der Waals surface area (Å²) in [5.74, 6) is -2.28. The number of pyridine rings is 2. The molecule has 7 aromatic rings. The number of benzene rings is 3. The smallest absolute Gasteiger partial charge is 0.407 e. The lowest BCUT2D eigenvalue weighted by Crippen LogP contribution is -2.54. The van der Waals surface area contributed by atoms with E-state index in [2.05, 4.69) is 21.8 Å². The van der Waals surface area contributed by atoms with E-state index < -0.39 is 23.6 Å². The van der Waals surface area contributed by atoms with Gasteiger partial charge in [0.15, 0.2) is 5.82 Å². The van der Waals surface area contributed by atoms with Gasteiger partial charge in [-0.3, -0.25) is 19.3 Å². The third-order valence-corrected chi connectivity index (χ3v) is 18.8. The number of esters is 1. The number of nitrogen functional groups attached to an aromatic ring is 1. The van der Waals surface area contributed by atoms with Crippen molar-refractivity contribution >= 4 is 83.6 Å². The third kappa shape index (κ3) is 8.95. The van der Waals surface area contributed by atoms with Crippen molar-refractivity contribution < 1.29 is 41.8 Å². The molecule has 6 aliphatic rings. The summed E-state index contributed by atoms with van der Waals surface area (Å²) in [5, 5.41) is 13.9. The van der Waals surface area contributed by atoms with Crippen LogP contribution >= 0.6 is 22.9 Å². The minimum atomic E-state index is -0.784. The van der Waals surface area contributed by atoms with E-state index >= 15 is 4.39 Å². The molecule has 2 amide bonds. The van der Waals surface area contributed by atoms with Gasteiger partial charge in [-0.1, -0.05) is 31.2 Å². The lowest BCUT2D eigenvalue weighted by atomic mass is 9.84. The molecule has 17 nitrogen and oxygen atoms in total. The van der Waals surface area contributed by atoms with E-state index in [1.54, 1.807) is 15.5 Å². The van der Waals surface area contributed by atoms with Crippen LogP contribution in [-0.2, 0) is 45.1 Å². The maximum absolute atomic E-state index is 17.1. The Kier molecular flexibility index (Phi) is 14.2. The van der Waals surface area contributed by atoms with Crippen molar-refractivity contribution in [2.75, 3.05) is 63.6 Å². The number of nitrogens with one attached hydrogen (secondary N) is 1. The fourth-order valence-corrected chi connectivity index (χ4v) is 14.6. The van der Waals surface area contributed by atoms with Gasteiger partial charge in [0, 0.05) is 71.6 Å². The Hall–Kier alpha value is -7.80. The van der Waals surface area contributed by atoms with Crippen molar-refractivity contribution in [3.8, 4) is 34.6 Å². The number of nitrogens with two attached hydrogens (primary N) is 1. The van der Waals surface area contributed by atoms with E-state index in [9.17, 15) is 33.2 Å². The zero-order valence-corrected chi connectivity index (χ0v) is 47.3. The fourth-order valence-electron chi connectivity index (χ4n) is 13.4. The van der Waals surface area contributed by atoms with Crippen LogP contribution in [-0.4, -0.2) is 112 Å². The van der Waals surface area contributed by atoms with Crippen molar-refractivity contribution in [3.63, 3.8) is 0 Å². The summed E-state index contributed by atoms with van der Waals surface area (Å²) >= 11 is 7.80. The molecule has 0 radical (unpaired) electrons. The highest BCUT2D eigenvalue weighted by molar-refractivity contribution is 7.23. The number of rotatable bonds is 9. The minimum Gasteiger partial charge on any atom is -0.461 e. The lowest BCUT2D eigenvalue weighted by molar-refractivity contribution is -0.148. The number of carbonyl (C=O) groups excluding carboxylic acids is 3. The molecule has 0 saturated carbocycles. The highest BCUT2D eigenvalue weighted by Crippen LogP contribution is 2.47. The summed E-state index contributed by atoms with van der Waals surface area (Å²) in [6, 6.07) is 9.34. The maximum Gasteiger partial charge on any atom is 0.407 e. The number of ether oxygens (including phenoxy) is 3. The number of hydrogen-bond acceptors (Lipinski definition) is 15. The molecule has 1 aliphatic carbocycles. The van der Waals surface area contributed by atoms with Crippen LogP contribution in [0.15, 0.2) is 47.3 Å². The lowest BCUT2D eigenvalue weighted by Gasteiger charge is -2.41. The number of nitriles is 1. The number of anilines is 2. The van der Waals surface area contributed by atoms with Crippen LogP contribution < -0.4 is 26.2 Å². The molecule has 82 heavy (non-hydrogen) atoms. The van der Waals surface area contributed by atoms with E-state index in [1.165, 1.54) is 30.8 Å². The normalized spacial score (nSPS) is 18.5. The number of carbonyl (C=O) groups is 3. The summed E-state index contributed by atoms with van der Waals surface area (Å²) in [6.07, 6.45) is 6.73. The van der Waals surface area contributed by atoms with Gasteiger partial charge in [0.05, 0.1) is 55.8 Å². The zero-order valence-electron chi connectivity index (χ0n) is 45.7. The summed E-state index contributed by atoms with van der Waals surface area (Å²) in [5.41, 5.74) is 13.6. The van der Waals surface area contributed by atoms with E-state index in [0.29, 0.717) is 54.0 Å². The number of piperazine rings is 1. The van der Waals surface area contributed by atoms with Gasteiger partial charge in [-0.25, -0.2) is 22.9 Å². The number of fused-ring (bicyclic) bond motifs is 8. The molecule has 3 N–H and O–H groups in total. The van der Waals surface area contributed by atoms with E-state index in [-0.39, 0.29) is 115 Å². The van der Waals surface area contributed by atoms with Gasteiger partial charge in [-0.2, -0.15) is 15.2 Å².